The van der Waals surface area contributed by atoms with Gasteiger partial charge in [0.05, 0.1) is 0 Å². The molecule has 0 radical (unpaired) electrons. The highest BCUT2D eigenvalue weighted by atomic mass is 15.2. The summed E-state index contributed by atoms with van der Waals surface area (Å²) in [4.78, 5) is 2.79. The summed E-state index contributed by atoms with van der Waals surface area (Å²) in [6.07, 6.45) is 9.78. The van der Waals surface area contributed by atoms with Crippen molar-refractivity contribution in [1.29, 1.82) is 0 Å². The Bertz CT molecular complexity index is 248. The van der Waals surface area contributed by atoms with E-state index in [-0.39, 0.29) is 0 Å². The third-order valence-electron chi connectivity index (χ3n) is 5.11. The summed E-state index contributed by atoms with van der Waals surface area (Å²) >= 11 is 0. The minimum Gasteiger partial charge on any atom is -0.312 e. The number of nitrogens with zero attached hydrogens (tertiary/aromatic N) is 1. The molecule has 1 saturated carbocycles. The maximum atomic E-state index is 3.75. The lowest BCUT2D eigenvalue weighted by molar-refractivity contribution is 0.183. The molecule has 0 amide bonds. The van der Waals surface area contributed by atoms with Crippen LogP contribution in [0, 0.1) is 11.8 Å². The van der Waals surface area contributed by atoms with Crippen LogP contribution in [-0.2, 0) is 0 Å². The fourth-order valence-electron chi connectivity index (χ4n) is 3.51. The van der Waals surface area contributed by atoms with E-state index < -0.39 is 0 Å². The molecule has 2 nitrogen and oxygen atoms in total. The van der Waals surface area contributed by atoms with E-state index >= 15 is 0 Å². The van der Waals surface area contributed by atoms with E-state index in [0.29, 0.717) is 0 Å². The van der Waals surface area contributed by atoms with Crippen LogP contribution >= 0.6 is 0 Å². The van der Waals surface area contributed by atoms with Crippen LogP contribution in [0.2, 0.25) is 0 Å². The van der Waals surface area contributed by atoms with Gasteiger partial charge < -0.3 is 5.32 Å². The van der Waals surface area contributed by atoms with Gasteiger partial charge in [-0.2, -0.15) is 0 Å². The normalized spacial score (nSPS) is 27.5. The lowest BCUT2D eigenvalue weighted by Crippen LogP contribution is -2.43. The van der Waals surface area contributed by atoms with Crippen molar-refractivity contribution in [3.8, 4) is 0 Å². The maximum absolute atomic E-state index is 3.75. The molecule has 2 atom stereocenters. The lowest BCUT2D eigenvalue weighted by atomic mass is 9.89. The third-order valence-corrected chi connectivity index (χ3v) is 5.11. The van der Waals surface area contributed by atoms with Gasteiger partial charge in [0.25, 0.3) is 0 Å². The van der Waals surface area contributed by atoms with Crippen LogP contribution in [0.3, 0.4) is 0 Å². The summed E-state index contributed by atoms with van der Waals surface area (Å²) in [6, 6.07) is 1.64. The summed E-state index contributed by atoms with van der Waals surface area (Å²) in [5.74, 6) is 1.83. The molecule has 1 heterocycles. The first-order valence-electron chi connectivity index (χ1n) is 8.68. The van der Waals surface area contributed by atoms with Crippen LogP contribution in [0.1, 0.15) is 65.7 Å². The summed E-state index contributed by atoms with van der Waals surface area (Å²) in [7, 11) is 0. The standard InChI is InChI=1S/C17H34N2/c1-4-6-17(13-18-16-8-9-16)19-11-5-7-15(10-12-19)14(2)3/h14-18H,4-13H2,1-3H3. The van der Waals surface area contributed by atoms with Crippen molar-refractivity contribution < 1.29 is 0 Å². The molecular formula is C17H34N2. The quantitative estimate of drug-likeness (QED) is 0.756. The van der Waals surface area contributed by atoms with Crippen LogP contribution < -0.4 is 5.32 Å². The molecule has 1 saturated heterocycles. The molecule has 0 spiro atoms. The smallest absolute Gasteiger partial charge is 0.0220 e. The van der Waals surface area contributed by atoms with Crippen molar-refractivity contribution in [3.63, 3.8) is 0 Å². The Hall–Kier alpha value is -0.0800. The van der Waals surface area contributed by atoms with Gasteiger partial charge in [0.1, 0.15) is 0 Å². The summed E-state index contributed by atoms with van der Waals surface area (Å²) in [6.45, 7) is 11.0. The highest BCUT2D eigenvalue weighted by Crippen LogP contribution is 2.26. The number of hydrogen-bond acceptors (Lipinski definition) is 2. The van der Waals surface area contributed by atoms with Crippen molar-refractivity contribution in [2.45, 2.75) is 77.8 Å². The summed E-state index contributed by atoms with van der Waals surface area (Å²) in [5, 5.41) is 3.75. The number of nitrogens with one attached hydrogen (secondary N) is 1. The van der Waals surface area contributed by atoms with Crippen LogP contribution in [-0.4, -0.2) is 36.6 Å². The van der Waals surface area contributed by atoms with E-state index in [2.05, 4.69) is 31.0 Å². The van der Waals surface area contributed by atoms with Gasteiger partial charge in [0, 0.05) is 18.6 Å². The molecular weight excluding hydrogens is 232 g/mol. The average Bonchev–Trinajstić information content (AvgIpc) is 3.20. The minimum atomic E-state index is 0.788. The Balaban J connectivity index is 1.81. The zero-order valence-electron chi connectivity index (χ0n) is 13.3. The topological polar surface area (TPSA) is 15.3 Å². The van der Waals surface area contributed by atoms with Crippen molar-refractivity contribution in [2.75, 3.05) is 19.6 Å². The molecule has 2 aliphatic rings. The first-order chi connectivity index (χ1) is 9.20. The van der Waals surface area contributed by atoms with E-state index in [4.69, 9.17) is 0 Å². The number of rotatable bonds is 7. The van der Waals surface area contributed by atoms with E-state index in [1.165, 1.54) is 64.6 Å². The van der Waals surface area contributed by atoms with E-state index in [9.17, 15) is 0 Å². The van der Waals surface area contributed by atoms with Gasteiger partial charge >= 0.3 is 0 Å². The molecule has 2 rings (SSSR count). The van der Waals surface area contributed by atoms with Crippen LogP contribution in [0.15, 0.2) is 0 Å². The Kier molecular flexibility index (Phi) is 6.15. The average molecular weight is 266 g/mol. The second kappa shape index (κ2) is 7.64. The zero-order valence-corrected chi connectivity index (χ0v) is 13.3. The van der Waals surface area contributed by atoms with E-state index in [1.807, 2.05) is 0 Å². The Labute approximate surface area is 120 Å². The molecule has 1 aliphatic heterocycles. The molecule has 2 fully saturated rings. The van der Waals surface area contributed by atoms with Crippen molar-refractivity contribution >= 4 is 0 Å². The van der Waals surface area contributed by atoms with E-state index in [1.54, 1.807) is 0 Å². The second-order valence-corrected chi connectivity index (χ2v) is 7.10. The molecule has 0 aromatic heterocycles. The van der Waals surface area contributed by atoms with Gasteiger partial charge in [0.15, 0.2) is 0 Å². The lowest BCUT2D eigenvalue weighted by Gasteiger charge is -2.31. The maximum Gasteiger partial charge on any atom is 0.0220 e. The van der Waals surface area contributed by atoms with Gasteiger partial charge in [-0.1, -0.05) is 27.2 Å². The first kappa shape index (κ1) is 15.3. The molecule has 1 aliphatic carbocycles. The highest BCUT2D eigenvalue weighted by Gasteiger charge is 2.26. The van der Waals surface area contributed by atoms with Crippen molar-refractivity contribution in [2.24, 2.45) is 11.8 Å². The molecule has 2 unspecified atom stereocenters. The van der Waals surface area contributed by atoms with E-state index in [0.717, 1.165) is 23.9 Å². The monoisotopic (exact) mass is 266 g/mol. The van der Waals surface area contributed by atoms with Crippen molar-refractivity contribution in [1.82, 2.24) is 10.2 Å². The molecule has 1 N–H and O–H groups in total. The Morgan fingerprint density at radius 1 is 1.11 bits per heavy atom. The number of likely N-dealkylation sites (tertiary alicyclic amines) is 1. The third kappa shape index (κ3) is 5.07. The van der Waals surface area contributed by atoms with Gasteiger partial charge in [-0.25, -0.2) is 0 Å². The fourth-order valence-corrected chi connectivity index (χ4v) is 3.51. The summed E-state index contributed by atoms with van der Waals surface area (Å²) in [5.41, 5.74) is 0. The molecule has 2 heteroatoms. The summed E-state index contributed by atoms with van der Waals surface area (Å²) < 4.78 is 0. The van der Waals surface area contributed by atoms with Gasteiger partial charge in [-0.05, 0) is 63.5 Å². The first-order valence-corrected chi connectivity index (χ1v) is 8.68. The molecule has 112 valence electrons. The second-order valence-electron chi connectivity index (χ2n) is 7.10. The SMILES string of the molecule is CCCC(CNC1CC1)N1CCCC(C(C)C)CC1. The molecule has 0 aromatic carbocycles. The minimum absolute atomic E-state index is 0.788. The Morgan fingerprint density at radius 2 is 1.89 bits per heavy atom. The molecule has 0 bridgehead atoms. The largest absolute Gasteiger partial charge is 0.312 e. The fraction of sp³-hybridized carbons (Fsp3) is 1.00. The van der Waals surface area contributed by atoms with Crippen LogP contribution in [0.25, 0.3) is 0 Å². The van der Waals surface area contributed by atoms with Gasteiger partial charge in [-0.15, -0.1) is 0 Å². The predicted molar refractivity (Wildman–Crippen MR) is 83.5 cm³/mol. The molecule has 19 heavy (non-hydrogen) atoms. The van der Waals surface area contributed by atoms with Crippen molar-refractivity contribution in [3.05, 3.63) is 0 Å². The highest BCUT2D eigenvalue weighted by molar-refractivity contribution is 4.85. The number of hydrogen-bond donors (Lipinski definition) is 1. The molecule has 0 aromatic rings. The zero-order chi connectivity index (χ0) is 13.7. The van der Waals surface area contributed by atoms with Gasteiger partial charge in [0.2, 0.25) is 0 Å². The van der Waals surface area contributed by atoms with Gasteiger partial charge in [-0.3, -0.25) is 4.90 Å². The Morgan fingerprint density at radius 3 is 2.53 bits per heavy atom. The van der Waals surface area contributed by atoms with Crippen LogP contribution in [0.4, 0.5) is 0 Å². The predicted octanol–water partition coefficient (Wildman–Crippen LogP) is 3.67. The van der Waals surface area contributed by atoms with Crippen LogP contribution in [0.5, 0.6) is 0 Å².